The summed E-state index contributed by atoms with van der Waals surface area (Å²) in [5.74, 6) is 0. The Hall–Kier alpha value is 1.61. The van der Waals surface area contributed by atoms with Crippen LogP contribution in [0.1, 0.15) is 0 Å². The van der Waals surface area contributed by atoms with Crippen LogP contribution in [0.3, 0.4) is 0 Å². The fourth-order valence-electron chi connectivity index (χ4n) is 0. The zero-order valence-electron chi connectivity index (χ0n) is 2.86. The topological polar surface area (TPSA) is 20.2 Å². The van der Waals surface area contributed by atoms with Gasteiger partial charge < -0.3 is 4.80 Å². The van der Waals surface area contributed by atoms with Crippen LogP contribution < -0.4 is 0 Å². The van der Waals surface area contributed by atoms with E-state index >= 15 is 0 Å². The van der Waals surface area contributed by atoms with Crippen molar-refractivity contribution in [3.63, 3.8) is 0 Å². The van der Waals surface area contributed by atoms with Crippen molar-refractivity contribution in [1.82, 2.24) is 0 Å². The Morgan fingerprint density at radius 1 is 1.60 bits per heavy atom. The van der Waals surface area contributed by atoms with Gasteiger partial charge in [0.1, 0.15) is 9.28 Å². The van der Waals surface area contributed by atoms with Crippen molar-refractivity contribution in [3.8, 4) is 0 Å². The van der Waals surface area contributed by atoms with Crippen molar-refractivity contribution in [2.24, 2.45) is 0 Å². The van der Waals surface area contributed by atoms with Gasteiger partial charge in [0.05, 0.1) is 0 Å². The summed E-state index contributed by atoms with van der Waals surface area (Å²) >= 11 is 0. The Morgan fingerprint density at radius 3 is 1.80 bits per heavy atom. The minimum atomic E-state index is -0.375. The van der Waals surface area contributed by atoms with Gasteiger partial charge >= 0.3 is 29.6 Å². The monoisotopic (exact) mass is 132 g/mol. The fourth-order valence-corrected chi connectivity index (χ4v) is 0. The SMILES string of the molecule is O[SiH2][SiH2][SiH3].[NaH]. The third kappa shape index (κ3) is 10.7. The van der Waals surface area contributed by atoms with Crippen molar-refractivity contribution in [2.45, 2.75) is 0 Å². The van der Waals surface area contributed by atoms with Crippen LogP contribution in [-0.4, -0.2) is 61.9 Å². The molecular weight excluding hydrogens is 123 g/mol. The van der Waals surface area contributed by atoms with Gasteiger partial charge in [-0.1, -0.05) is 0 Å². The van der Waals surface area contributed by atoms with E-state index in [2.05, 4.69) is 0 Å². The van der Waals surface area contributed by atoms with Crippen LogP contribution in [-0.2, 0) is 0 Å². The fraction of sp³-hybridized carbons (Fsp3) is 0. The summed E-state index contributed by atoms with van der Waals surface area (Å²) in [5, 5.41) is 0. The van der Waals surface area contributed by atoms with Crippen molar-refractivity contribution in [2.75, 3.05) is 0 Å². The molecule has 0 saturated carbocycles. The number of hydrogen-bond donors (Lipinski definition) is 1. The molecule has 0 aliphatic rings. The first kappa shape index (κ1) is 9.79. The molecule has 0 spiro atoms. The van der Waals surface area contributed by atoms with Crippen molar-refractivity contribution in [1.29, 1.82) is 0 Å². The summed E-state index contributed by atoms with van der Waals surface area (Å²) < 4.78 is 0. The molecule has 0 amide bonds. The zero-order valence-corrected chi connectivity index (χ0v) is 7.69. The standard InChI is InChI=1S/Na.H8OSi3.H/c;1-3-4-2;/h;1H,3-4H2,2H3;. The van der Waals surface area contributed by atoms with Crippen molar-refractivity contribution in [3.05, 3.63) is 0 Å². The van der Waals surface area contributed by atoms with Gasteiger partial charge in [0.15, 0.2) is 0 Å². The summed E-state index contributed by atoms with van der Waals surface area (Å²) in [6, 6.07) is 0. The summed E-state index contributed by atoms with van der Waals surface area (Å²) in [6.45, 7) is 0. The summed E-state index contributed by atoms with van der Waals surface area (Å²) in [5.41, 5.74) is 0. The molecule has 0 fully saturated rings. The summed E-state index contributed by atoms with van der Waals surface area (Å²) in [4.78, 5) is 8.11. The number of hydrogen-bond acceptors (Lipinski definition) is 1. The van der Waals surface area contributed by atoms with Gasteiger partial charge in [-0.05, 0) is 9.76 Å². The second kappa shape index (κ2) is 9.15. The molecule has 0 unspecified atom stereocenters. The Balaban J connectivity index is 0. The van der Waals surface area contributed by atoms with E-state index < -0.39 is 0 Å². The van der Waals surface area contributed by atoms with Crippen LogP contribution in [0.15, 0.2) is 0 Å². The Morgan fingerprint density at radius 2 is 1.80 bits per heavy atom. The van der Waals surface area contributed by atoms with Crippen LogP contribution in [0, 0.1) is 0 Å². The van der Waals surface area contributed by atoms with Gasteiger partial charge in [-0.2, -0.15) is 0 Å². The predicted octanol–water partition coefficient (Wildman–Crippen LogP) is -4.22. The van der Waals surface area contributed by atoms with Gasteiger partial charge in [-0.15, -0.1) is 0 Å². The van der Waals surface area contributed by atoms with E-state index in [4.69, 9.17) is 4.80 Å². The van der Waals surface area contributed by atoms with Crippen molar-refractivity contribution < 1.29 is 4.80 Å². The first-order valence-electron chi connectivity index (χ1n) is 1.52. The molecular formula is H9NaOSi3. The molecule has 0 radical (unpaired) electrons. The summed E-state index contributed by atoms with van der Waals surface area (Å²) in [6.07, 6.45) is 0. The predicted molar refractivity (Wildman–Crippen MR) is 36.4 cm³/mol. The molecule has 5 heavy (non-hydrogen) atoms. The molecule has 0 rings (SSSR count). The third-order valence-electron chi connectivity index (χ3n) is 0.224. The molecule has 0 aromatic rings. The molecule has 5 heteroatoms. The van der Waals surface area contributed by atoms with Crippen LogP contribution in [0.4, 0.5) is 0 Å². The van der Waals surface area contributed by atoms with E-state index in [9.17, 15) is 0 Å². The normalized spacial score (nSPS) is 11.4. The Kier molecular flexibility index (Phi) is 17.9. The average molecular weight is 132 g/mol. The van der Waals surface area contributed by atoms with E-state index in [1.54, 1.807) is 0 Å². The van der Waals surface area contributed by atoms with E-state index in [0.29, 0.717) is 0 Å². The average Bonchev–Trinajstić information content (AvgIpc) is 1.37. The van der Waals surface area contributed by atoms with E-state index in [0.717, 1.165) is 0 Å². The quantitative estimate of drug-likeness (QED) is 0.359. The molecule has 28 valence electrons. The maximum atomic E-state index is 8.11. The molecule has 0 bridgehead atoms. The first-order chi connectivity index (χ1) is 1.91. The molecule has 1 N–H and O–H groups in total. The summed E-state index contributed by atoms with van der Waals surface area (Å²) in [7, 11) is 1.22. The second-order valence-corrected chi connectivity index (χ2v) is 15.5. The van der Waals surface area contributed by atoms with Crippen LogP contribution >= 0.6 is 0 Å². The van der Waals surface area contributed by atoms with Gasteiger partial charge in [0.2, 0.25) is 0 Å². The second-order valence-electron chi connectivity index (χ2n) is 0.724. The van der Waals surface area contributed by atoms with Crippen LogP contribution in [0.25, 0.3) is 0 Å². The van der Waals surface area contributed by atoms with Gasteiger partial charge in [0, 0.05) is 8.55 Å². The van der Waals surface area contributed by atoms with Gasteiger partial charge in [0.25, 0.3) is 0 Å². The zero-order chi connectivity index (χ0) is 3.41. The Labute approximate surface area is 61.6 Å². The molecule has 0 aromatic carbocycles. The Bertz CT molecular complexity index is 8.85. The molecule has 0 aliphatic carbocycles. The molecule has 1 nitrogen and oxygen atoms in total. The van der Waals surface area contributed by atoms with E-state index in [-0.39, 0.29) is 47.4 Å². The molecule has 0 heterocycles. The molecule has 0 atom stereocenters. The van der Waals surface area contributed by atoms with E-state index in [1.807, 2.05) is 0 Å². The van der Waals surface area contributed by atoms with Crippen LogP contribution in [0.2, 0.25) is 0 Å². The molecule has 0 aromatic heterocycles. The van der Waals surface area contributed by atoms with Crippen LogP contribution in [0.5, 0.6) is 0 Å². The number of rotatable bonds is 1. The maximum absolute atomic E-state index is 8.11. The molecule has 0 saturated heterocycles. The van der Waals surface area contributed by atoms with Gasteiger partial charge in [-0.25, -0.2) is 0 Å². The minimum absolute atomic E-state index is 0. The third-order valence-corrected chi connectivity index (χ3v) is 6.04. The van der Waals surface area contributed by atoms with Crippen molar-refractivity contribution >= 4 is 57.2 Å². The first-order valence-corrected chi connectivity index (χ1v) is 11.8. The van der Waals surface area contributed by atoms with E-state index in [1.165, 1.54) is 9.76 Å². The molecule has 0 aliphatic heterocycles. The van der Waals surface area contributed by atoms with Gasteiger partial charge in [-0.3, -0.25) is 0 Å².